The first-order valence-corrected chi connectivity index (χ1v) is 11.7. The highest BCUT2D eigenvalue weighted by atomic mass is 35.5. The molecular formula is C21H19Cl2N5O3S. The molecule has 0 atom stereocenters. The van der Waals surface area contributed by atoms with Gasteiger partial charge in [0.1, 0.15) is 0 Å². The second-order valence-electron chi connectivity index (χ2n) is 7.35. The number of nitro benzene ring substituents is 1. The van der Waals surface area contributed by atoms with Crippen LogP contribution in [0.25, 0.3) is 11.4 Å². The number of nitrogens with one attached hydrogen (secondary N) is 1. The molecule has 32 heavy (non-hydrogen) atoms. The number of carbonyl (C=O) groups excluding carboxylic acids is 1. The number of amides is 1. The van der Waals surface area contributed by atoms with Crippen LogP contribution in [0.3, 0.4) is 0 Å². The van der Waals surface area contributed by atoms with Crippen molar-refractivity contribution in [2.75, 3.05) is 11.1 Å². The van der Waals surface area contributed by atoms with Crippen molar-refractivity contribution >= 4 is 52.2 Å². The van der Waals surface area contributed by atoms with E-state index in [0.717, 1.165) is 31.2 Å². The van der Waals surface area contributed by atoms with Gasteiger partial charge in [-0.2, -0.15) is 0 Å². The molecule has 1 fully saturated rings. The van der Waals surface area contributed by atoms with E-state index in [1.54, 1.807) is 0 Å². The number of rotatable bonds is 7. The van der Waals surface area contributed by atoms with Crippen molar-refractivity contribution in [3.05, 3.63) is 62.6 Å². The van der Waals surface area contributed by atoms with Crippen LogP contribution in [0.2, 0.25) is 10.0 Å². The molecule has 1 aliphatic rings. The van der Waals surface area contributed by atoms with Gasteiger partial charge in [0, 0.05) is 23.7 Å². The molecule has 0 bridgehead atoms. The highest BCUT2D eigenvalue weighted by Crippen LogP contribution is 2.38. The molecule has 1 amide bonds. The van der Waals surface area contributed by atoms with Crippen molar-refractivity contribution < 1.29 is 9.72 Å². The third-order valence-electron chi connectivity index (χ3n) is 5.24. The third-order valence-corrected chi connectivity index (χ3v) is 6.82. The molecule has 1 saturated carbocycles. The van der Waals surface area contributed by atoms with Crippen molar-refractivity contribution in [1.29, 1.82) is 0 Å². The minimum Gasteiger partial charge on any atom is -0.324 e. The van der Waals surface area contributed by atoms with E-state index >= 15 is 0 Å². The molecule has 166 valence electrons. The van der Waals surface area contributed by atoms with Crippen LogP contribution in [0.15, 0.2) is 47.6 Å². The molecule has 1 N–H and O–H groups in total. The van der Waals surface area contributed by atoms with E-state index in [1.807, 2.05) is 24.3 Å². The lowest BCUT2D eigenvalue weighted by Gasteiger charge is -2.17. The van der Waals surface area contributed by atoms with Crippen molar-refractivity contribution in [3.63, 3.8) is 0 Å². The van der Waals surface area contributed by atoms with Gasteiger partial charge >= 0.3 is 0 Å². The number of anilines is 1. The van der Waals surface area contributed by atoms with Crippen LogP contribution in [-0.2, 0) is 4.79 Å². The van der Waals surface area contributed by atoms with E-state index in [2.05, 4.69) is 20.1 Å². The quantitative estimate of drug-likeness (QED) is 0.246. The van der Waals surface area contributed by atoms with E-state index < -0.39 is 4.92 Å². The number of nitro groups is 1. The molecule has 2 aromatic carbocycles. The number of carbonyl (C=O) groups is 1. The average molecular weight is 492 g/mol. The monoisotopic (exact) mass is 491 g/mol. The molecule has 1 aliphatic carbocycles. The second kappa shape index (κ2) is 9.89. The van der Waals surface area contributed by atoms with Gasteiger partial charge in [0.15, 0.2) is 11.0 Å². The van der Waals surface area contributed by atoms with Gasteiger partial charge in [-0.15, -0.1) is 10.2 Å². The highest BCUT2D eigenvalue weighted by molar-refractivity contribution is 7.99. The summed E-state index contributed by atoms with van der Waals surface area (Å²) in [7, 11) is 0. The minimum absolute atomic E-state index is 0.0840. The summed E-state index contributed by atoms with van der Waals surface area (Å²) in [6, 6.07) is 11.7. The first-order chi connectivity index (χ1) is 15.4. The highest BCUT2D eigenvalue weighted by Gasteiger charge is 2.26. The number of aromatic nitrogens is 3. The lowest BCUT2D eigenvalue weighted by molar-refractivity contribution is -0.384. The SMILES string of the molecule is O=C(CSc1nnc(-c2ccccc2Cl)n1C1CCCC1)Nc1ccc([N+](=O)[O-])cc1Cl. The average Bonchev–Trinajstić information content (AvgIpc) is 3.43. The fourth-order valence-electron chi connectivity index (χ4n) is 3.73. The molecule has 0 spiro atoms. The lowest BCUT2D eigenvalue weighted by Crippen LogP contribution is -2.15. The Morgan fingerprint density at radius 3 is 2.59 bits per heavy atom. The summed E-state index contributed by atoms with van der Waals surface area (Å²) in [6.45, 7) is 0. The van der Waals surface area contributed by atoms with E-state index in [0.29, 0.717) is 21.7 Å². The van der Waals surface area contributed by atoms with Crippen LogP contribution in [0.5, 0.6) is 0 Å². The number of nitrogens with zero attached hydrogens (tertiary/aromatic N) is 4. The Morgan fingerprint density at radius 2 is 1.91 bits per heavy atom. The predicted octanol–water partition coefficient (Wildman–Crippen LogP) is 6.01. The maximum atomic E-state index is 12.5. The molecular weight excluding hydrogens is 473 g/mol. The number of halogens is 2. The fraction of sp³-hybridized carbons (Fsp3) is 0.286. The summed E-state index contributed by atoms with van der Waals surface area (Å²) in [4.78, 5) is 22.8. The zero-order chi connectivity index (χ0) is 22.7. The topological polar surface area (TPSA) is 103 Å². The Bertz CT molecular complexity index is 1160. The van der Waals surface area contributed by atoms with Crippen molar-refractivity contribution in [3.8, 4) is 11.4 Å². The van der Waals surface area contributed by atoms with Crippen molar-refractivity contribution in [2.45, 2.75) is 36.9 Å². The summed E-state index contributed by atoms with van der Waals surface area (Å²) in [6.07, 6.45) is 4.31. The standard InChI is InChI=1S/C21H19Cl2N5O3S/c22-16-8-4-3-7-15(16)20-25-26-21(27(20)13-5-1-2-6-13)32-12-19(29)24-18-10-9-14(28(30)31)11-17(18)23/h3-4,7-11,13H,1-2,5-6,12H2,(H,24,29). The van der Waals surface area contributed by atoms with E-state index in [9.17, 15) is 14.9 Å². The zero-order valence-electron chi connectivity index (χ0n) is 16.8. The fourth-order valence-corrected chi connectivity index (χ4v) is 4.98. The van der Waals surface area contributed by atoms with Gasteiger partial charge < -0.3 is 5.32 Å². The normalized spacial score (nSPS) is 13.9. The predicted molar refractivity (Wildman–Crippen MR) is 125 cm³/mol. The van der Waals surface area contributed by atoms with Crippen LogP contribution in [-0.4, -0.2) is 31.3 Å². The number of hydrogen-bond donors (Lipinski definition) is 1. The molecule has 0 radical (unpaired) electrons. The molecule has 8 nitrogen and oxygen atoms in total. The first kappa shape index (κ1) is 22.6. The summed E-state index contributed by atoms with van der Waals surface area (Å²) in [5, 5.41) is 23.6. The molecule has 0 aliphatic heterocycles. The maximum Gasteiger partial charge on any atom is 0.271 e. The number of thioether (sulfide) groups is 1. The second-order valence-corrected chi connectivity index (χ2v) is 9.11. The van der Waals surface area contributed by atoms with Crippen molar-refractivity contribution in [1.82, 2.24) is 14.8 Å². The molecule has 4 rings (SSSR count). The Labute approximate surface area is 198 Å². The maximum absolute atomic E-state index is 12.5. The lowest BCUT2D eigenvalue weighted by atomic mass is 10.2. The van der Waals surface area contributed by atoms with E-state index in [1.165, 1.54) is 30.0 Å². The third kappa shape index (κ3) is 4.90. The Kier molecular flexibility index (Phi) is 6.98. The molecule has 1 aromatic heterocycles. The van der Waals surface area contributed by atoms with Crippen LogP contribution >= 0.6 is 35.0 Å². The summed E-state index contributed by atoms with van der Waals surface area (Å²) < 4.78 is 2.09. The zero-order valence-corrected chi connectivity index (χ0v) is 19.2. The van der Waals surface area contributed by atoms with E-state index in [4.69, 9.17) is 23.2 Å². The van der Waals surface area contributed by atoms with Crippen molar-refractivity contribution in [2.24, 2.45) is 0 Å². The molecule has 0 unspecified atom stereocenters. The first-order valence-electron chi connectivity index (χ1n) is 10.0. The van der Waals surface area contributed by atoms with E-state index in [-0.39, 0.29) is 28.4 Å². The Balaban J connectivity index is 1.51. The molecule has 1 heterocycles. The van der Waals surface area contributed by atoms with Crippen LogP contribution in [0.4, 0.5) is 11.4 Å². The molecule has 0 saturated heterocycles. The van der Waals surface area contributed by atoms with Gasteiger partial charge in [-0.1, -0.05) is 59.9 Å². The number of benzene rings is 2. The van der Waals surface area contributed by atoms with Crippen LogP contribution < -0.4 is 5.32 Å². The number of non-ortho nitro benzene ring substituents is 1. The van der Waals surface area contributed by atoms with Gasteiger partial charge in [0.25, 0.3) is 5.69 Å². The largest absolute Gasteiger partial charge is 0.324 e. The molecule has 3 aromatic rings. The molecule has 11 heteroatoms. The van der Waals surface area contributed by atoms with Gasteiger partial charge in [0.05, 0.1) is 26.4 Å². The summed E-state index contributed by atoms with van der Waals surface area (Å²) >= 11 is 13.7. The van der Waals surface area contributed by atoms with Gasteiger partial charge in [0.2, 0.25) is 5.91 Å². The smallest absolute Gasteiger partial charge is 0.271 e. The minimum atomic E-state index is -0.542. The van der Waals surface area contributed by atoms with Gasteiger partial charge in [-0.25, -0.2) is 0 Å². The van der Waals surface area contributed by atoms with Crippen LogP contribution in [0.1, 0.15) is 31.7 Å². The Morgan fingerprint density at radius 1 is 1.16 bits per heavy atom. The van der Waals surface area contributed by atoms with Gasteiger partial charge in [-0.3, -0.25) is 19.5 Å². The summed E-state index contributed by atoms with van der Waals surface area (Å²) in [5.74, 6) is 0.482. The van der Waals surface area contributed by atoms with Gasteiger partial charge in [-0.05, 0) is 31.0 Å². The van der Waals surface area contributed by atoms with Crippen LogP contribution in [0, 0.1) is 10.1 Å². The number of hydrogen-bond acceptors (Lipinski definition) is 6. The summed E-state index contributed by atoms with van der Waals surface area (Å²) in [5.41, 5.74) is 0.985. The Hall–Kier alpha value is -2.62.